The summed E-state index contributed by atoms with van der Waals surface area (Å²) in [5.74, 6) is 0.999. The van der Waals surface area contributed by atoms with E-state index in [0.29, 0.717) is 29.7 Å². The molecule has 0 radical (unpaired) electrons. The summed E-state index contributed by atoms with van der Waals surface area (Å²) >= 11 is 0. The van der Waals surface area contributed by atoms with E-state index in [1.54, 1.807) is 4.90 Å². The third-order valence-electron chi connectivity index (χ3n) is 8.38. The molecule has 2 amide bonds. The molecule has 214 valence electrons. The van der Waals surface area contributed by atoms with Crippen LogP contribution < -0.4 is 26.2 Å². The predicted molar refractivity (Wildman–Crippen MR) is 168 cm³/mol. The summed E-state index contributed by atoms with van der Waals surface area (Å²) < 4.78 is 0. The van der Waals surface area contributed by atoms with Crippen molar-refractivity contribution in [3.63, 3.8) is 0 Å². The minimum atomic E-state index is -0.129. The molecule has 1 saturated heterocycles. The lowest BCUT2D eigenvalue weighted by Gasteiger charge is -2.42. The van der Waals surface area contributed by atoms with Gasteiger partial charge in [0.15, 0.2) is 5.82 Å². The minimum absolute atomic E-state index is 0.0664. The Morgan fingerprint density at radius 1 is 0.952 bits per heavy atom. The molecule has 0 spiro atoms. The number of anilines is 7. The molecule has 1 fully saturated rings. The third-order valence-corrected chi connectivity index (χ3v) is 8.38. The highest BCUT2D eigenvalue weighted by Gasteiger charge is 2.39. The number of piperazine rings is 1. The van der Waals surface area contributed by atoms with Crippen molar-refractivity contribution in [1.82, 2.24) is 19.8 Å². The molecule has 3 aromatic carbocycles. The Morgan fingerprint density at radius 3 is 2.57 bits per heavy atom. The predicted octanol–water partition coefficient (Wildman–Crippen LogP) is 5.18. The number of benzene rings is 3. The van der Waals surface area contributed by atoms with E-state index < -0.39 is 0 Å². The molecule has 10 heteroatoms. The SMILES string of the molecule is CN1CCN(c2ccc(Nc3ncc4c(n3)N(c3cccc(N)c3)C(=O)N(C3CCNc5ccccc53)C4)cc2)CC1. The molecule has 1 aromatic heterocycles. The second kappa shape index (κ2) is 10.9. The van der Waals surface area contributed by atoms with Gasteiger partial charge in [0.1, 0.15) is 0 Å². The molecule has 3 aliphatic heterocycles. The Balaban J connectivity index is 1.20. The standard InChI is InChI=1S/C32H35N9O/c1-38-15-17-39(18-16-38)25-11-9-24(10-12-25)36-31-35-20-22-21-40(29-13-14-34-28-8-3-2-7-27(28)29)32(42)41(30(22)37-31)26-6-4-5-23(33)19-26/h2-12,19-20,29,34H,13-18,21,33H2,1H3,(H,35,36,37). The van der Waals surface area contributed by atoms with Crippen molar-refractivity contribution < 1.29 is 4.79 Å². The van der Waals surface area contributed by atoms with E-state index in [0.717, 1.165) is 61.6 Å². The largest absolute Gasteiger partial charge is 0.399 e. The number of carbonyl (C=O) groups excluding carboxylic acids is 1. The number of carbonyl (C=O) groups is 1. The fraction of sp³-hybridized carbons (Fsp3) is 0.281. The molecule has 0 bridgehead atoms. The number of urea groups is 1. The van der Waals surface area contributed by atoms with Crippen LogP contribution in [0.4, 0.5) is 45.0 Å². The molecule has 1 atom stereocenters. The Labute approximate surface area is 245 Å². The lowest BCUT2D eigenvalue weighted by molar-refractivity contribution is 0.171. The maximum absolute atomic E-state index is 14.3. The van der Waals surface area contributed by atoms with Gasteiger partial charge in [0, 0.05) is 67.2 Å². The molecular weight excluding hydrogens is 526 g/mol. The van der Waals surface area contributed by atoms with Crippen molar-refractivity contribution in [1.29, 1.82) is 0 Å². The van der Waals surface area contributed by atoms with Gasteiger partial charge < -0.3 is 31.1 Å². The Hall–Kier alpha value is -4.83. The van der Waals surface area contributed by atoms with Gasteiger partial charge in [0.05, 0.1) is 18.3 Å². The summed E-state index contributed by atoms with van der Waals surface area (Å²) in [6.45, 7) is 5.38. The lowest BCUT2D eigenvalue weighted by Crippen LogP contribution is -2.48. The molecule has 4 aromatic rings. The van der Waals surface area contributed by atoms with E-state index in [1.165, 1.54) is 5.69 Å². The summed E-state index contributed by atoms with van der Waals surface area (Å²) in [5.41, 5.74) is 12.6. The van der Waals surface area contributed by atoms with Gasteiger partial charge in [-0.2, -0.15) is 4.98 Å². The normalized spacial score (nSPS) is 18.7. The van der Waals surface area contributed by atoms with Crippen LogP contribution in [0.5, 0.6) is 0 Å². The van der Waals surface area contributed by atoms with E-state index in [4.69, 9.17) is 10.7 Å². The monoisotopic (exact) mass is 561 g/mol. The van der Waals surface area contributed by atoms with Crippen LogP contribution in [-0.4, -0.2) is 65.6 Å². The van der Waals surface area contributed by atoms with Crippen molar-refractivity contribution >= 4 is 46.2 Å². The number of aromatic nitrogens is 2. The van der Waals surface area contributed by atoms with Crippen LogP contribution in [0, 0.1) is 0 Å². The van der Waals surface area contributed by atoms with Gasteiger partial charge in [-0.15, -0.1) is 0 Å². The Bertz CT molecular complexity index is 1600. The molecule has 0 aliphatic carbocycles. The maximum Gasteiger partial charge on any atom is 0.331 e. The highest BCUT2D eigenvalue weighted by molar-refractivity contribution is 6.01. The van der Waals surface area contributed by atoms with Gasteiger partial charge in [-0.3, -0.25) is 0 Å². The molecule has 3 aliphatic rings. The van der Waals surface area contributed by atoms with Crippen molar-refractivity contribution in [3.8, 4) is 0 Å². The molecule has 42 heavy (non-hydrogen) atoms. The van der Waals surface area contributed by atoms with Crippen molar-refractivity contribution in [3.05, 3.63) is 90.1 Å². The van der Waals surface area contributed by atoms with Crippen LogP contribution in [-0.2, 0) is 6.54 Å². The number of fused-ring (bicyclic) bond motifs is 2. The lowest BCUT2D eigenvalue weighted by atomic mass is 9.95. The van der Waals surface area contributed by atoms with Crippen molar-refractivity contribution in [2.24, 2.45) is 0 Å². The third kappa shape index (κ3) is 4.94. The highest BCUT2D eigenvalue weighted by Crippen LogP contribution is 2.41. The number of hydrogen-bond donors (Lipinski definition) is 3. The fourth-order valence-electron chi connectivity index (χ4n) is 6.09. The van der Waals surface area contributed by atoms with Gasteiger partial charge in [0.25, 0.3) is 0 Å². The summed E-state index contributed by atoms with van der Waals surface area (Å²) in [5, 5.41) is 6.81. The van der Waals surface area contributed by atoms with Gasteiger partial charge in [-0.05, 0) is 67.6 Å². The van der Waals surface area contributed by atoms with Crippen LogP contribution in [0.15, 0.2) is 79.0 Å². The zero-order valence-electron chi connectivity index (χ0n) is 23.7. The first-order valence-corrected chi connectivity index (χ1v) is 14.5. The minimum Gasteiger partial charge on any atom is -0.399 e. The summed E-state index contributed by atoms with van der Waals surface area (Å²) in [6.07, 6.45) is 2.64. The van der Waals surface area contributed by atoms with Crippen molar-refractivity contribution in [2.75, 3.05) is 65.9 Å². The van der Waals surface area contributed by atoms with Crippen LogP contribution in [0.2, 0.25) is 0 Å². The Kier molecular flexibility index (Phi) is 6.75. The number of nitrogens with two attached hydrogens (primary N) is 1. The van der Waals surface area contributed by atoms with E-state index in [-0.39, 0.29) is 12.1 Å². The summed E-state index contributed by atoms with van der Waals surface area (Å²) in [6, 6.07) is 23.7. The second-order valence-electron chi connectivity index (χ2n) is 11.2. The van der Waals surface area contributed by atoms with Crippen molar-refractivity contribution in [2.45, 2.75) is 19.0 Å². The summed E-state index contributed by atoms with van der Waals surface area (Å²) in [4.78, 5) is 32.2. The second-order valence-corrected chi connectivity index (χ2v) is 11.2. The van der Waals surface area contributed by atoms with Gasteiger partial charge >= 0.3 is 6.03 Å². The van der Waals surface area contributed by atoms with Gasteiger partial charge in [0.2, 0.25) is 5.95 Å². The number of hydrogen-bond acceptors (Lipinski definition) is 8. The van der Waals surface area contributed by atoms with E-state index in [2.05, 4.69) is 56.7 Å². The topological polar surface area (TPSA) is 106 Å². The molecule has 0 saturated carbocycles. The molecular formula is C32H35N9O. The number of para-hydroxylation sites is 1. The first-order chi connectivity index (χ1) is 20.5. The Morgan fingerprint density at radius 2 is 1.76 bits per heavy atom. The van der Waals surface area contributed by atoms with Crippen LogP contribution in [0.3, 0.4) is 0 Å². The maximum atomic E-state index is 14.3. The fourth-order valence-corrected chi connectivity index (χ4v) is 6.09. The number of amides is 2. The van der Waals surface area contributed by atoms with E-state index >= 15 is 0 Å². The number of nitrogens with one attached hydrogen (secondary N) is 2. The number of nitrogens with zero attached hydrogens (tertiary/aromatic N) is 6. The molecule has 7 rings (SSSR count). The van der Waals surface area contributed by atoms with E-state index in [9.17, 15) is 4.79 Å². The average molecular weight is 562 g/mol. The van der Waals surface area contributed by atoms with Gasteiger partial charge in [-0.25, -0.2) is 14.7 Å². The molecule has 4 heterocycles. The number of likely N-dealkylation sites (N-methyl/N-ethyl adjacent to an activating group) is 1. The zero-order valence-corrected chi connectivity index (χ0v) is 23.7. The highest BCUT2D eigenvalue weighted by atomic mass is 16.2. The summed E-state index contributed by atoms with van der Waals surface area (Å²) in [7, 11) is 2.16. The van der Waals surface area contributed by atoms with Crippen LogP contribution in [0.1, 0.15) is 23.6 Å². The molecule has 10 nitrogen and oxygen atoms in total. The van der Waals surface area contributed by atoms with E-state index in [1.807, 2.05) is 59.6 Å². The van der Waals surface area contributed by atoms with Gasteiger partial charge in [-0.1, -0.05) is 24.3 Å². The number of nitrogen functional groups attached to an aromatic ring is 1. The quantitative estimate of drug-likeness (QED) is 0.286. The number of rotatable bonds is 5. The average Bonchev–Trinajstić information content (AvgIpc) is 3.01. The smallest absolute Gasteiger partial charge is 0.331 e. The first-order valence-electron chi connectivity index (χ1n) is 14.5. The van der Waals surface area contributed by atoms with Crippen LogP contribution >= 0.6 is 0 Å². The molecule has 4 N–H and O–H groups in total. The molecule has 1 unspecified atom stereocenters. The zero-order chi connectivity index (χ0) is 28.6. The van der Waals surface area contributed by atoms with Crippen LogP contribution in [0.25, 0.3) is 0 Å². The first kappa shape index (κ1) is 26.1.